The van der Waals surface area contributed by atoms with E-state index in [0.717, 1.165) is 10.7 Å². The second-order valence-electron chi connectivity index (χ2n) is 6.16. The van der Waals surface area contributed by atoms with Gasteiger partial charge in [0, 0.05) is 46.2 Å². The first-order chi connectivity index (χ1) is 13.1. The number of Topliss-reactive ketones (excluding diaryl/α,β-unsaturated/α-hetero) is 1. The summed E-state index contributed by atoms with van der Waals surface area (Å²) in [4.78, 5) is 29.4. The summed E-state index contributed by atoms with van der Waals surface area (Å²) in [7, 11) is 0. The van der Waals surface area contributed by atoms with Crippen LogP contribution in [0.15, 0.2) is 54.6 Å². The number of alkyl halides is 1. The van der Waals surface area contributed by atoms with Crippen LogP contribution in [0.4, 0.5) is 4.39 Å². The van der Waals surface area contributed by atoms with Crippen LogP contribution in [0.1, 0.15) is 38.4 Å². The van der Waals surface area contributed by atoms with Gasteiger partial charge in [-0.15, -0.1) is 11.3 Å². The summed E-state index contributed by atoms with van der Waals surface area (Å²) < 4.78 is 15.0. The maximum absolute atomic E-state index is 15.0. The monoisotopic (exact) mass is 378 g/mol. The third-order valence-corrected chi connectivity index (χ3v) is 5.14. The van der Waals surface area contributed by atoms with Gasteiger partial charge < -0.3 is 0 Å². The van der Waals surface area contributed by atoms with Crippen LogP contribution in [-0.4, -0.2) is 25.7 Å². The van der Waals surface area contributed by atoms with Gasteiger partial charge in [0.1, 0.15) is 11.3 Å². The number of pyridine rings is 1. The fraction of sp³-hybridized carbons (Fsp3) is 0.150. The number of rotatable bonds is 5. The van der Waals surface area contributed by atoms with E-state index in [1.807, 2.05) is 18.4 Å². The molecule has 3 heterocycles. The number of aryl methyl sites for hydroxylation is 1. The molecule has 0 aliphatic carbocycles. The topological polar surface area (TPSA) is 68.6 Å². The molecule has 5 nitrogen and oxygen atoms in total. The van der Waals surface area contributed by atoms with Gasteiger partial charge in [-0.05, 0) is 30.7 Å². The van der Waals surface area contributed by atoms with Crippen molar-refractivity contribution in [1.82, 2.24) is 19.9 Å². The average Bonchev–Trinajstić information content (AvgIpc) is 3.11. The SMILES string of the molecule is Cc1csc(CC(=O)c2cc(C(F)c3cncnc3)cc3cccnc23)n1. The number of carbonyl (C=O) groups is 1. The van der Waals surface area contributed by atoms with Crippen LogP contribution in [0.2, 0.25) is 0 Å². The van der Waals surface area contributed by atoms with Gasteiger partial charge in [0.25, 0.3) is 0 Å². The normalized spacial score (nSPS) is 12.2. The summed E-state index contributed by atoms with van der Waals surface area (Å²) >= 11 is 1.44. The van der Waals surface area contributed by atoms with Crippen LogP contribution >= 0.6 is 11.3 Å². The molecule has 0 fully saturated rings. The van der Waals surface area contributed by atoms with E-state index in [4.69, 9.17) is 0 Å². The molecule has 0 aliphatic heterocycles. The van der Waals surface area contributed by atoms with Gasteiger partial charge in [-0.3, -0.25) is 9.78 Å². The van der Waals surface area contributed by atoms with Crippen molar-refractivity contribution in [3.8, 4) is 0 Å². The van der Waals surface area contributed by atoms with Crippen LogP contribution in [0.25, 0.3) is 10.9 Å². The number of aromatic nitrogens is 4. The first-order valence-electron chi connectivity index (χ1n) is 8.33. The van der Waals surface area contributed by atoms with Crippen molar-refractivity contribution in [1.29, 1.82) is 0 Å². The van der Waals surface area contributed by atoms with Gasteiger partial charge in [-0.1, -0.05) is 6.07 Å². The Bertz CT molecular complexity index is 1110. The first-order valence-corrected chi connectivity index (χ1v) is 9.21. The summed E-state index contributed by atoms with van der Waals surface area (Å²) in [6, 6.07) is 6.88. The zero-order chi connectivity index (χ0) is 18.8. The minimum atomic E-state index is -1.43. The standard InChI is InChI=1S/C20H15FN4OS/c1-12-10-27-18(25-12)7-17(26)16-6-14(5-13-3-2-4-24-20(13)16)19(21)15-8-22-11-23-9-15/h2-6,8-11,19H,7H2,1H3. The number of nitrogens with zero attached hydrogens (tertiary/aromatic N) is 4. The molecule has 4 aromatic rings. The molecule has 134 valence electrons. The first kappa shape index (κ1) is 17.4. The van der Waals surface area contributed by atoms with Crippen LogP contribution in [0.5, 0.6) is 0 Å². The summed E-state index contributed by atoms with van der Waals surface area (Å²) in [6.07, 6.45) is 4.59. The van der Waals surface area contributed by atoms with E-state index in [-0.39, 0.29) is 12.2 Å². The Hall–Kier alpha value is -3.06. The molecule has 27 heavy (non-hydrogen) atoms. The number of ketones is 1. The van der Waals surface area contributed by atoms with Crippen LogP contribution in [-0.2, 0) is 6.42 Å². The Labute approximate surface area is 159 Å². The van der Waals surface area contributed by atoms with Gasteiger partial charge >= 0.3 is 0 Å². The zero-order valence-corrected chi connectivity index (χ0v) is 15.3. The van der Waals surface area contributed by atoms with E-state index in [1.165, 1.54) is 30.1 Å². The second kappa shape index (κ2) is 7.28. The lowest BCUT2D eigenvalue weighted by Gasteiger charge is -2.12. The number of hydrogen-bond donors (Lipinski definition) is 0. The summed E-state index contributed by atoms with van der Waals surface area (Å²) in [5, 5.41) is 3.36. The quantitative estimate of drug-likeness (QED) is 0.485. The third-order valence-electron chi connectivity index (χ3n) is 4.17. The molecule has 1 aromatic carbocycles. The second-order valence-corrected chi connectivity index (χ2v) is 7.10. The largest absolute Gasteiger partial charge is 0.294 e. The van der Waals surface area contributed by atoms with Crippen molar-refractivity contribution < 1.29 is 9.18 Å². The Balaban J connectivity index is 1.77. The van der Waals surface area contributed by atoms with Gasteiger partial charge in [-0.2, -0.15) is 0 Å². The van der Waals surface area contributed by atoms with E-state index in [2.05, 4.69) is 19.9 Å². The molecule has 1 unspecified atom stereocenters. The number of benzene rings is 1. The number of thiazole rings is 1. The fourth-order valence-corrected chi connectivity index (χ4v) is 3.70. The van der Waals surface area contributed by atoms with Crippen molar-refractivity contribution >= 4 is 28.0 Å². The van der Waals surface area contributed by atoms with Gasteiger partial charge in [0.2, 0.25) is 0 Å². The van der Waals surface area contributed by atoms with E-state index in [9.17, 15) is 4.79 Å². The molecule has 0 spiro atoms. The lowest BCUT2D eigenvalue weighted by atomic mass is 9.96. The molecule has 4 rings (SSSR count). The Morgan fingerprint density at radius 3 is 2.78 bits per heavy atom. The maximum atomic E-state index is 15.0. The smallest absolute Gasteiger partial charge is 0.171 e. The highest BCUT2D eigenvalue weighted by atomic mass is 32.1. The molecular formula is C20H15FN4OS. The lowest BCUT2D eigenvalue weighted by molar-refractivity contribution is 0.0994. The maximum Gasteiger partial charge on any atom is 0.171 e. The Kier molecular flexibility index (Phi) is 4.68. The molecule has 3 aromatic heterocycles. The summed E-state index contributed by atoms with van der Waals surface area (Å²) in [6.45, 7) is 1.89. The van der Waals surface area contributed by atoms with Gasteiger partial charge in [0.15, 0.2) is 12.0 Å². The molecule has 1 atom stereocenters. The fourth-order valence-electron chi connectivity index (χ4n) is 2.92. The van der Waals surface area contributed by atoms with E-state index < -0.39 is 6.17 Å². The van der Waals surface area contributed by atoms with Crippen molar-refractivity contribution in [3.05, 3.63) is 82.0 Å². The van der Waals surface area contributed by atoms with Crippen molar-refractivity contribution in [2.75, 3.05) is 0 Å². The van der Waals surface area contributed by atoms with Gasteiger partial charge in [-0.25, -0.2) is 19.3 Å². The zero-order valence-electron chi connectivity index (χ0n) is 14.5. The summed E-state index contributed by atoms with van der Waals surface area (Å²) in [5.74, 6) is -0.133. The molecule has 0 N–H and O–H groups in total. The molecule has 0 aliphatic rings. The predicted octanol–water partition coefficient (Wildman–Crippen LogP) is 4.27. The Morgan fingerprint density at radius 2 is 2.04 bits per heavy atom. The number of carbonyl (C=O) groups excluding carboxylic acids is 1. The highest BCUT2D eigenvalue weighted by Gasteiger charge is 2.20. The molecule has 0 amide bonds. The minimum absolute atomic E-state index is 0.133. The highest BCUT2D eigenvalue weighted by molar-refractivity contribution is 7.09. The summed E-state index contributed by atoms with van der Waals surface area (Å²) in [5.41, 5.74) is 2.57. The Morgan fingerprint density at radius 1 is 1.22 bits per heavy atom. The van der Waals surface area contributed by atoms with Crippen LogP contribution in [0, 0.1) is 6.92 Å². The van der Waals surface area contributed by atoms with Crippen molar-refractivity contribution in [2.45, 2.75) is 19.5 Å². The molecular weight excluding hydrogens is 363 g/mol. The molecule has 0 radical (unpaired) electrons. The lowest BCUT2D eigenvalue weighted by Crippen LogP contribution is -2.07. The number of halogens is 1. The molecule has 0 saturated heterocycles. The third kappa shape index (κ3) is 3.59. The molecule has 7 heteroatoms. The number of hydrogen-bond acceptors (Lipinski definition) is 6. The van der Waals surface area contributed by atoms with Crippen LogP contribution in [0.3, 0.4) is 0 Å². The van der Waals surface area contributed by atoms with E-state index in [1.54, 1.807) is 24.4 Å². The van der Waals surface area contributed by atoms with Crippen LogP contribution < -0.4 is 0 Å². The van der Waals surface area contributed by atoms with Gasteiger partial charge in [0.05, 0.1) is 11.9 Å². The van der Waals surface area contributed by atoms with E-state index in [0.29, 0.717) is 27.6 Å². The highest BCUT2D eigenvalue weighted by Crippen LogP contribution is 2.30. The molecule has 0 bridgehead atoms. The predicted molar refractivity (Wildman–Crippen MR) is 102 cm³/mol. The van der Waals surface area contributed by atoms with Crippen molar-refractivity contribution in [2.24, 2.45) is 0 Å². The number of fused-ring (bicyclic) bond motifs is 1. The molecule has 0 saturated carbocycles. The van der Waals surface area contributed by atoms with Crippen molar-refractivity contribution in [3.63, 3.8) is 0 Å². The van der Waals surface area contributed by atoms with E-state index >= 15 is 4.39 Å². The average molecular weight is 378 g/mol. The minimum Gasteiger partial charge on any atom is -0.294 e.